The molecule has 9 atom stereocenters. The monoisotopic (exact) mass is 748 g/mol. The van der Waals surface area contributed by atoms with Gasteiger partial charge in [-0.25, -0.2) is 16.8 Å². The Labute approximate surface area is 345 Å². The van der Waals surface area contributed by atoms with Crippen LogP contribution in [0.1, 0.15) is 131 Å². The van der Waals surface area contributed by atoms with Crippen LogP contribution in [0.3, 0.4) is 0 Å². The Balaban J connectivity index is 0.00000281. The Kier molecular flexibility index (Phi) is 12.1. The Morgan fingerprint density at radius 2 is 1.38 bits per heavy atom. The number of hydrogen-bond donors (Lipinski definition) is 0. The van der Waals surface area contributed by atoms with E-state index < -0.39 is 30.5 Å². The summed E-state index contributed by atoms with van der Waals surface area (Å²) in [6.45, 7) is 17.6. The van der Waals surface area contributed by atoms with E-state index in [1.165, 1.54) is 12.5 Å². The number of hydrogen-bond acceptors (Lipinski definition) is 8. The van der Waals surface area contributed by atoms with Crippen LogP contribution >= 0.6 is 0 Å². The van der Waals surface area contributed by atoms with E-state index in [1.807, 2.05) is 6.92 Å². The third kappa shape index (κ3) is 6.76. The maximum absolute atomic E-state index is 12.6. The van der Waals surface area contributed by atoms with Gasteiger partial charge in [-0.05, 0) is 146 Å². The fourth-order valence-electron chi connectivity index (χ4n) is 13.1. The summed E-state index contributed by atoms with van der Waals surface area (Å²) in [6, 6.07) is 2.06. The quantitative estimate of drug-likeness (QED) is 0.185. The molecule has 12 heteroatoms. The van der Waals surface area contributed by atoms with Crippen LogP contribution in [-0.2, 0) is 41.6 Å². The van der Waals surface area contributed by atoms with Gasteiger partial charge < -0.3 is 13.8 Å². The summed E-state index contributed by atoms with van der Waals surface area (Å²) in [5, 5.41) is 0. The molecule has 0 amide bonds. The molecule has 3 saturated carbocycles. The molecule has 0 N–H and O–H groups in total. The number of allylic oxidation sites excluding steroid dienone is 2. The SMILES string of the molecule is CC(=O)O[C@H]1CC[C@@]2(C)[C@@H](CC[C@]3(C)[C@@H]2CC[C@]2(C)c4c(S(=O)(=O)[O-])ccc(S(=O)(=O)[O-])c4C[C@@H]32)[C@]1(C)CC[C@@H]1C(C)=CCCC1(C)C.[Na+].[Na+]. The van der Waals surface area contributed by atoms with Gasteiger partial charge in [0.1, 0.15) is 26.3 Å². The van der Waals surface area contributed by atoms with Gasteiger partial charge in [-0.3, -0.25) is 4.79 Å². The average Bonchev–Trinajstić information content (AvgIpc) is 3.26. The van der Waals surface area contributed by atoms with E-state index in [0.29, 0.717) is 18.3 Å². The number of carbonyl (C=O) groups is 1. The van der Waals surface area contributed by atoms with Crippen molar-refractivity contribution < 1.29 is 94.6 Å². The molecule has 3 fully saturated rings. The van der Waals surface area contributed by atoms with E-state index in [2.05, 4.69) is 47.6 Å². The maximum Gasteiger partial charge on any atom is 1.00 e. The second-order valence-corrected chi connectivity index (χ2v) is 20.6. The van der Waals surface area contributed by atoms with Gasteiger partial charge in [0.25, 0.3) is 0 Å². The molecular weight excluding hydrogens is 695 g/mol. The molecule has 0 bridgehead atoms. The summed E-state index contributed by atoms with van der Waals surface area (Å²) in [4.78, 5) is 11.7. The Hall–Kier alpha value is 0.250. The zero-order valence-electron chi connectivity index (χ0n) is 32.0. The van der Waals surface area contributed by atoms with Crippen LogP contribution in [0.5, 0.6) is 0 Å². The first-order valence-corrected chi connectivity index (χ1v) is 20.7. The number of esters is 1. The molecule has 0 radical (unpaired) electrons. The summed E-state index contributed by atoms with van der Waals surface area (Å²) >= 11 is 0. The molecule has 0 spiro atoms. The van der Waals surface area contributed by atoms with E-state index in [9.17, 15) is 30.7 Å². The molecule has 0 saturated heterocycles. The summed E-state index contributed by atoms with van der Waals surface area (Å²) in [5.74, 6) is 0.637. The van der Waals surface area contributed by atoms with Gasteiger partial charge in [0.2, 0.25) is 0 Å². The van der Waals surface area contributed by atoms with Gasteiger partial charge in [0, 0.05) is 12.3 Å². The first kappa shape index (κ1) is 43.0. The maximum atomic E-state index is 12.6. The molecule has 8 nitrogen and oxygen atoms in total. The van der Waals surface area contributed by atoms with Crippen molar-refractivity contribution in [3.05, 3.63) is 34.9 Å². The van der Waals surface area contributed by atoms with Gasteiger partial charge >= 0.3 is 65.1 Å². The fraction of sp³-hybridized carbons (Fsp3) is 0.763. The van der Waals surface area contributed by atoms with Crippen molar-refractivity contribution in [2.45, 2.75) is 147 Å². The minimum absolute atomic E-state index is 0. The van der Waals surface area contributed by atoms with Crippen molar-refractivity contribution in [2.24, 2.45) is 45.3 Å². The number of fused-ring (bicyclic) bond motifs is 7. The van der Waals surface area contributed by atoms with Crippen LogP contribution in [0.15, 0.2) is 33.6 Å². The minimum Gasteiger partial charge on any atom is -0.744 e. The van der Waals surface area contributed by atoms with Crippen LogP contribution in [0.4, 0.5) is 0 Å². The number of rotatable bonds is 6. The van der Waals surface area contributed by atoms with Crippen LogP contribution < -0.4 is 59.1 Å². The molecule has 1 aromatic carbocycles. The molecular formula is C38H54Na2O8S2. The summed E-state index contributed by atoms with van der Waals surface area (Å²) in [7, 11) is -9.80. The molecule has 0 aromatic heterocycles. The molecule has 1 aromatic rings. The van der Waals surface area contributed by atoms with Crippen molar-refractivity contribution in [2.75, 3.05) is 0 Å². The Morgan fingerprint density at radius 1 is 0.820 bits per heavy atom. The smallest absolute Gasteiger partial charge is 0.744 e. The summed E-state index contributed by atoms with van der Waals surface area (Å²) < 4.78 is 81.2. The van der Waals surface area contributed by atoms with Crippen molar-refractivity contribution in [1.29, 1.82) is 0 Å². The molecule has 5 aliphatic rings. The van der Waals surface area contributed by atoms with Gasteiger partial charge in [-0.1, -0.05) is 53.2 Å². The molecule has 6 rings (SSSR count). The first-order chi connectivity index (χ1) is 22.0. The van der Waals surface area contributed by atoms with Crippen LogP contribution in [-0.4, -0.2) is 38.0 Å². The first-order valence-electron chi connectivity index (χ1n) is 17.9. The normalized spacial score (nSPS) is 38.9. The molecule has 0 heterocycles. The van der Waals surface area contributed by atoms with E-state index in [1.54, 1.807) is 0 Å². The molecule has 0 aliphatic heterocycles. The van der Waals surface area contributed by atoms with Crippen LogP contribution in [0.25, 0.3) is 0 Å². The predicted octanol–water partition coefficient (Wildman–Crippen LogP) is 1.66. The van der Waals surface area contributed by atoms with Crippen LogP contribution in [0, 0.1) is 45.3 Å². The Morgan fingerprint density at radius 3 is 1.96 bits per heavy atom. The minimum atomic E-state index is -4.91. The van der Waals surface area contributed by atoms with Crippen molar-refractivity contribution >= 4 is 26.2 Å². The average molecular weight is 749 g/mol. The number of benzene rings is 1. The molecule has 5 aliphatic carbocycles. The second kappa shape index (κ2) is 14.1. The zero-order valence-corrected chi connectivity index (χ0v) is 37.6. The molecule has 50 heavy (non-hydrogen) atoms. The summed E-state index contributed by atoms with van der Waals surface area (Å²) in [5.41, 5.74) is 0.770. The molecule has 268 valence electrons. The van der Waals surface area contributed by atoms with Gasteiger partial charge in [-0.2, -0.15) is 0 Å². The topological polar surface area (TPSA) is 141 Å². The van der Waals surface area contributed by atoms with Crippen molar-refractivity contribution in [3.63, 3.8) is 0 Å². The summed E-state index contributed by atoms with van der Waals surface area (Å²) in [6.07, 6.45) is 11.6. The van der Waals surface area contributed by atoms with Crippen molar-refractivity contribution in [3.8, 4) is 0 Å². The predicted molar refractivity (Wildman–Crippen MR) is 181 cm³/mol. The standard InChI is InChI=1S/C38H56O8S2.2Na/c1-23-10-9-17-34(3,4)26(23)13-18-37(7)30-14-19-36(6)29(35(30,5)21-16-32(37)46-24(2)39)15-20-38(8)31(36)22-25-27(47(40,41)42)11-12-28(33(25)38)48(43,44)45;;/h10-12,26,29-32H,9,13-22H2,1-8H3,(H,40,41,42)(H,43,44,45);;/q;2*+1/p-2/t26-,29-,30-,31+,32+,35-,36-,37+,38+;;/m1../s1. The largest absolute Gasteiger partial charge is 1.00 e. The van der Waals surface area contributed by atoms with Crippen molar-refractivity contribution in [1.82, 2.24) is 0 Å². The molecule has 0 unspecified atom stereocenters. The van der Waals surface area contributed by atoms with Gasteiger partial charge in [-0.15, -0.1) is 0 Å². The van der Waals surface area contributed by atoms with E-state index in [0.717, 1.165) is 69.9 Å². The second-order valence-electron chi connectivity index (χ2n) is 17.9. The van der Waals surface area contributed by atoms with Gasteiger partial charge in [0.05, 0.1) is 9.79 Å². The third-order valence-electron chi connectivity index (χ3n) is 15.1. The number of ether oxygens (including phenoxy) is 1. The van der Waals surface area contributed by atoms with E-state index in [4.69, 9.17) is 4.74 Å². The fourth-order valence-corrected chi connectivity index (χ4v) is 14.6. The van der Waals surface area contributed by atoms with E-state index >= 15 is 0 Å². The Bertz CT molecular complexity index is 1770. The number of carbonyl (C=O) groups excluding carboxylic acids is 1. The van der Waals surface area contributed by atoms with E-state index in [-0.39, 0.29) is 127 Å². The van der Waals surface area contributed by atoms with Crippen LogP contribution in [0.2, 0.25) is 0 Å². The van der Waals surface area contributed by atoms with Gasteiger partial charge in [0.15, 0.2) is 0 Å². The third-order valence-corrected chi connectivity index (χ3v) is 16.9. The zero-order chi connectivity index (χ0) is 35.5.